The second kappa shape index (κ2) is 11.2. The molecule has 1 aliphatic rings. The lowest BCUT2D eigenvalue weighted by molar-refractivity contribution is -0.147. The highest BCUT2D eigenvalue weighted by molar-refractivity contribution is 7.80. The maximum Gasteiger partial charge on any atom is 0.408 e. The molecule has 3 amide bonds. The van der Waals surface area contributed by atoms with E-state index in [0.717, 1.165) is 19.3 Å². The number of amides is 3. The Labute approximate surface area is 208 Å². The summed E-state index contributed by atoms with van der Waals surface area (Å²) in [5, 5.41) is 5.63. The fourth-order valence-corrected chi connectivity index (χ4v) is 3.97. The summed E-state index contributed by atoms with van der Waals surface area (Å²) in [6.07, 6.45) is 7.51. The zero-order valence-electron chi connectivity index (χ0n) is 21.0. The number of alkyl carbamates (subject to hydrolysis) is 1. The molecule has 0 spiro atoms. The summed E-state index contributed by atoms with van der Waals surface area (Å²) in [6, 6.07) is 5.05. The second-order valence-electron chi connectivity index (χ2n) is 10.6. The molecule has 0 bridgehead atoms. The van der Waals surface area contributed by atoms with Crippen LogP contribution in [0, 0.1) is 12.3 Å². The third kappa shape index (κ3) is 7.42. The third-order valence-electron chi connectivity index (χ3n) is 5.33. The van der Waals surface area contributed by atoms with Crippen molar-refractivity contribution in [3.05, 3.63) is 35.4 Å². The second-order valence-corrected chi connectivity index (χ2v) is 11.0. The lowest BCUT2D eigenvalue weighted by Gasteiger charge is -2.44. The first kappa shape index (κ1) is 27.6. The molecule has 0 aromatic heterocycles. The Bertz CT molecular complexity index is 939. The number of ether oxygens (including phenoxy) is 1. The van der Waals surface area contributed by atoms with Gasteiger partial charge in [-0.1, -0.05) is 24.1 Å². The SMILES string of the molecule is C#Cc1ccccc1C(C(=O)NC(C)(C)C)N(C(=O)C(CS)NC(=O)OC(C)(C)C)C1CCC1. The lowest BCUT2D eigenvalue weighted by atomic mass is 9.87. The molecule has 0 radical (unpaired) electrons. The van der Waals surface area contributed by atoms with E-state index in [1.807, 2.05) is 20.8 Å². The van der Waals surface area contributed by atoms with Crippen LogP contribution in [0.5, 0.6) is 0 Å². The van der Waals surface area contributed by atoms with Crippen LogP contribution in [-0.2, 0) is 14.3 Å². The van der Waals surface area contributed by atoms with E-state index >= 15 is 0 Å². The monoisotopic (exact) mass is 487 g/mol. The van der Waals surface area contributed by atoms with Gasteiger partial charge in [-0.25, -0.2) is 4.79 Å². The first-order valence-electron chi connectivity index (χ1n) is 11.6. The van der Waals surface area contributed by atoms with Gasteiger partial charge in [0.15, 0.2) is 0 Å². The van der Waals surface area contributed by atoms with Crippen molar-refractivity contribution in [2.75, 3.05) is 5.75 Å². The number of hydrogen-bond acceptors (Lipinski definition) is 5. The summed E-state index contributed by atoms with van der Waals surface area (Å²) in [5.41, 5.74) is -0.131. The molecular formula is C26H37N3O4S. The number of carbonyl (C=O) groups excluding carboxylic acids is 3. The van der Waals surface area contributed by atoms with Gasteiger partial charge in [-0.15, -0.1) is 6.42 Å². The van der Waals surface area contributed by atoms with Crippen LogP contribution in [0.2, 0.25) is 0 Å². The van der Waals surface area contributed by atoms with E-state index in [2.05, 4.69) is 29.2 Å². The molecule has 0 heterocycles. The Morgan fingerprint density at radius 2 is 1.79 bits per heavy atom. The van der Waals surface area contributed by atoms with Crippen molar-refractivity contribution in [1.82, 2.24) is 15.5 Å². The molecule has 1 fully saturated rings. The molecule has 8 heteroatoms. The quantitative estimate of drug-likeness (QED) is 0.403. The molecule has 7 nitrogen and oxygen atoms in total. The highest BCUT2D eigenvalue weighted by Crippen LogP contribution is 2.35. The molecule has 1 aromatic carbocycles. The van der Waals surface area contributed by atoms with Gasteiger partial charge in [0.1, 0.15) is 17.7 Å². The van der Waals surface area contributed by atoms with Gasteiger partial charge in [0, 0.05) is 22.9 Å². The number of nitrogens with zero attached hydrogens (tertiary/aromatic N) is 1. The van der Waals surface area contributed by atoms with E-state index < -0.39 is 35.2 Å². The van der Waals surface area contributed by atoms with Crippen molar-refractivity contribution in [2.45, 2.75) is 90.1 Å². The van der Waals surface area contributed by atoms with Gasteiger partial charge in [0.05, 0.1) is 0 Å². The minimum Gasteiger partial charge on any atom is -0.444 e. The smallest absolute Gasteiger partial charge is 0.408 e. The maximum atomic E-state index is 13.9. The minimum absolute atomic E-state index is 0.0473. The van der Waals surface area contributed by atoms with Crippen LogP contribution in [0.1, 0.15) is 78.0 Å². The normalized spacial score (nSPS) is 15.8. The number of terminal acetylenes is 1. The molecule has 34 heavy (non-hydrogen) atoms. The van der Waals surface area contributed by atoms with Gasteiger partial charge in [-0.2, -0.15) is 12.6 Å². The van der Waals surface area contributed by atoms with E-state index in [1.54, 1.807) is 49.9 Å². The van der Waals surface area contributed by atoms with Crippen LogP contribution in [0.25, 0.3) is 0 Å². The van der Waals surface area contributed by atoms with Crippen molar-refractivity contribution < 1.29 is 19.1 Å². The van der Waals surface area contributed by atoms with Crippen molar-refractivity contribution in [2.24, 2.45) is 0 Å². The summed E-state index contributed by atoms with van der Waals surface area (Å²) < 4.78 is 5.34. The Kier molecular flexibility index (Phi) is 9.07. The summed E-state index contributed by atoms with van der Waals surface area (Å²) in [7, 11) is 0. The Morgan fingerprint density at radius 1 is 1.18 bits per heavy atom. The van der Waals surface area contributed by atoms with E-state index in [-0.39, 0.29) is 17.7 Å². The van der Waals surface area contributed by atoms with Gasteiger partial charge in [-0.3, -0.25) is 9.59 Å². The van der Waals surface area contributed by atoms with Gasteiger partial charge in [-0.05, 0) is 72.4 Å². The average Bonchev–Trinajstić information content (AvgIpc) is 2.67. The fraction of sp³-hybridized carbons (Fsp3) is 0.577. The molecular weight excluding hydrogens is 450 g/mol. The molecule has 2 rings (SSSR count). The number of hydrogen-bond donors (Lipinski definition) is 3. The number of carbonyl (C=O) groups is 3. The minimum atomic E-state index is -0.971. The molecule has 1 aliphatic carbocycles. The zero-order chi connectivity index (χ0) is 25.7. The molecule has 186 valence electrons. The van der Waals surface area contributed by atoms with E-state index in [1.165, 1.54) is 0 Å². The van der Waals surface area contributed by atoms with E-state index in [9.17, 15) is 14.4 Å². The van der Waals surface area contributed by atoms with Crippen molar-refractivity contribution in [3.8, 4) is 12.3 Å². The van der Waals surface area contributed by atoms with Crippen LogP contribution in [0.4, 0.5) is 4.79 Å². The summed E-state index contributed by atoms with van der Waals surface area (Å²) >= 11 is 4.32. The summed E-state index contributed by atoms with van der Waals surface area (Å²) in [4.78, 5) is 41.5. The molecule has 0 aliphatic heterocycles. The highest BCUT2D eigenvalue weighted by Gasteiger charge is 2.42. The fourth-order valence-electron chi connectivity index (χ4n) is 3.72. The third-order valence-corrected chi connectivity index (χ3v) is 5.69. The number of benzene rings is 1. The molecule has 2 unspecified atom stereocenters. The maximum absolute atomic E-state index is 13.9. The van der Waals surface area contributed by atoms with Crippen LogP contribution in [0.3, 0.4) is 0 Å². The topological polar surface area (TPSA) is 87.7 Å². The van der Waals surface area contributed by atoms with Crippen molar-refractivity contribution in [1.29, 1.82) is 0 Å². The predicted molar refractivity (Wildman–Crippen MR) is 137 cm³/mol. The first-order chi connectivity index (χ1) is 15.8. The molecule has 1 saturated carbocycles. The number of thiol groups is 1. The zero-order valence-corrected chi connectivity index (χ0v) is 21.9. The number of rotatable bonds is 7. The first-order valence-corrected chi connectivity index (χ1v) is 12.2. The molecule has 2 atom stereocenters. The van der Waals surface area contributed by atoms with Gasteiger partial charge in [0.25, 0.3) is 0 Å². The molecule has 2 N–H and O–H groups in total. The van der Waals surface area contributed by atoms with Gasteiger partial charge in [0.2, 0.25) is 11.8 Å². The van der Waals surface area contributed by atoms with Crippen molar-refractivity contribution in [3.63, 3.8) is 0 Å². The lowest BCUT2D eigenvalue weighted by Crippen LogP contribution is -2.59. The van der Waals surface area contributed by atoms with E-state index in [0.29, 0.717) is 11.1 Å². The van der Waals surface area contributed by atoms with Gasteiger partial charge < -0.3 is 20.3 Å². The van der Waals surface area contributed by atoms with Crippen LogP contribution in [0.15, 0.2) is 24.3 Å². The van der Waals surface area contributed by atoms with Crippen molar-refractivity contribution >= 4 is 30.5 Å². The standard InChI is InChI=1S/C26H37N3O4S/c1-8-17-12-9-10-15-19(17)21(22(30)28-25(2,3)4)29(18-13-11-14-18)23(31)20(16-34)27-24(32)33-26(5,6)7/h1,9-10,12,15,18,20-21,34H,11,13-14,16H2,2-7H3,(H,27,32)(H,28,30). The summed E-state index contributed by atoms with van der Waals surface area (Å²) in [5.74, 6) is 1.96. The Morgan fingerprint density at radius 3 is 2.26 bits per heavy atom. The molecule has 1 aromatic rings. The predicted octanol–water partition coefficient (Wildman–Crippen LogP) is 3.83. The largest absolute Gasteiger partial charge is 0.444 e. The molecule has 0 saturated heterocycles. The number of nitrogens with one attached hydrogen (secondary N) is 2. The highest BCUT2D eigenvalue weighted by atomic mass is 32.1. The van der Waals surface area contributed by atoms with Gasteiger partial charge >= 0.3 is 6.09 Å². The van der Waals surface area contributed by atoms with E-state index in [4.69, 9.17) is 11.2 Å². The van der Waals surface area contributed by atoms with Crippen LogP contribution >= 0.6 is 12.6 Å². The Balaban J connectivity index is 2.51. The van der Waals surface area contributed by atoms with Crippen LogP contribution in [-0.4, -0.2) is 51.8 Å². The summed E-state index contributed by atoms with van der Waals surface area (Å²) in [6.45, 7) is 10.9. The Hall–Kier alpha value is -2.66. The van der Waals surface area contributed by atoms with Crippen LogP contribution < -0.4 is 10.6 Å². The average molecular weight is 488 g/mol.